The molecular weight excluding hydrogens is 266 g/mol. The minimum absolute atomic E-state index is 0. The van der Waals surface area contributed by atoms with E-state index in [1.54, 1.807) is 0 Å². The smallest absolute Gasteiger partial charge is 0.178 e. The van der Waals surface area contributed by atoms with Crippen LogP contribution in [0.2, 0.25) is 0 Å². The Labute approximate surface area is 132 Å². The lowest BCUT2D eigenvalue weighted by Gasteiger charge is -2.02. The molecule has 0 bridgehead atoms. The number of pyridine rings is 1. The first-order valence-corrected chi connectivity index (χ1v) is 8.29. The van der Waals surface area contributed by atoms with E-state index in [2.05, 4.69) is 42.8 Å². The van der Waals surface area contributed by atoms with Gasteiger partial charge in [-0.15, -0.1) is 0 Å². The standard InChI is InChI=1S/C18H32N.ClH/c1-3-4-5-6-7-8-9-10-11-13-16-19-17-14-12-15-18(19)2;/h12,14-15,17H,3-11,13,16H2,1-2H3;1H/q+1;/p-1. The lowest BCUT2D eigenvalue weighted by molar-refractivity contribution is -0.703. The second-order valence-corrected chi connectivity index (χ2v) is 5.72. The summed E-state index contributed by atoms with van der Waals surface area (Å²) in [5, 5.41) is 0. The van der Waals surface area contributed by atoms with Gasteiger partial charge in [0.25, 0.3) is 0 Å². The van der Waals surface area contributed by atoms with E-state index in [0.717, 1.165) is 0 Å². The van der Waals surface area contributed by atoms with Crippen molar-refractivity contribution < 1.29 is 17.0 Å². The van der Waals surface area contributed by atoms with Crippen molar-refractivity contribution in [3.8, 4) is 0 Å². The summed E-state index contributed by atoms with van der Waals surface area (Å²) < 4.78 is 2.37. The van der Waals surface area contributed by atoms with Crippen molar-refractivity contribution in [2.45, 2.75) is 84.6 Å². The average molecular weight is 298 g/mol. The van der Waals surface area contributed by atoms with Crippen LogP contribution in [0, 0.1) is 6.92 Å². The Bertz CT molecular complexity index is 325. The maximum Gasteiger partial charge on any atom is 0.178 e. The van der Waals surface area contributed by atoms with E-state index < -0.39 is 0 Å². The van der Waals surface area contributed by atoms with Gasteiger partial charge < -0.3 is 12.4 Å². The molecule has 0 aliphatic heterocycles. The molecule has 0 fully saturated rings. The number of halogens is 1. The Kier molecular flexibility index (Phi) is 13.0. The largest absolute Gasteiger partial charge is 1.00 e. The van der Waals surface area contributed by atoms with E-state index >= 15 is 0 Å². The van der Waals surface area contributed by atoms with Crippen LogP contribution in [0.4, 0.5) is 0 Å². The molecule has 0 spiro atoms. The van der Waals surface area contributed by atoms with Gasteiger partial charge in [-0.2, -0.15) is 0 Å². The highest BCUT2D eigenvalue weighted by atomic mass is 35.5. The highest BCUT2D eigenvalue weighted by Gasteiger charge is 2.02. The summed E-state index contributed by atoms with van der Waals surface area (Å²) in [7, 11) is 0. The van der Waals surface area contributed by atoms with E-state index in [9.17, 15) is 0 Å². The topological polar surface area (TPSA) is 3.88 Å². The fraction of sp³-hybridized carbons (Fsp3) is 0.722. The molecule has 0 atom stereocenters. The van der Waals surface area contributed by atoms with Crippen LogP contribution in [0.3, 0.4) is 0 Å². The van der Waals surface area contributed by atoms with Crippen molar-refractivity contribution in [1.29, 1.82) is 0 Å². The Morgan fingerprint density at radius 3 is 1.90 bits per heavy atom. The molecule has 0 aromatic carbocycles. The number of rotatable bonds is 11. The molecule has 116 valence electrons. The van der Waals surface area contributed by atoms with Gasteiger partial charge in [0.2, 0.25) is 0 Å². The number of aryl methyl sites for hydroxylation is 2. The number of hydrogen-bond donors (Lipinski definition) is 0. The fourth-order valence-electron chi connectivity index (χ4n) is 2.58. The maximum atomic E-state index is 2.37. The summed E-state index contributed by atoms with van der Waals surface area (Å²) in [6.07, 6.45) is 16.3. The van der Waals surface area contributed by atoms with Gasteiger partial charge in [-0.1, -0.05) is 64.4 Å². The number of nitrogens with zero attached hydrogens (tertiary/aromatic N) is 1. The first kappa shape index (κ1) is 19.4. The molecule has 0 unspecified atom stereocenters. The molecule has 1 aromatic heterocycles. The lowest BCUT2D eigenvalue weighted by atomic mass is 10.1. The molecule has 0 aliphatic carbocycles. The third kappa shape index (κ3) is 9.36. The van der Waals surface area contributed by atoms with Crippen molar-refractivity contribution >= 4 is 0 Å². The Morgan fingerprint density at radius 2 is 1.35 bits per heavy atom. The first-order valence-electron chi connectivity index (χ1n) is 8.29. The molecule has 0 saturated heterocycles. The molecule has 1 aromatic rings. The molecule has 2 heteroatoms. The molecular formula is C18H32ClN. The molecule has 1 heterocycles. The summed E-state index contributed by atoms with van der Waals surface area (Å²) >= 11 is 0. The summed E-state index contributed by atoms with van der Waals surface area (Å²) in [5.74, 6) is 0. The van der Waals surface area contributed by atoms with Crippen LogP contribution in [0.5, 0.6) is 0 Å². The van der Waals surface area contributed by atoms with E-state index in [-0.39, 0.29) is 12.4 Å². The van der Waals surface area contributed by atoms with E-state index in [4.69, 9.17) is 0 Å². The highest BCUT2D eigenvalue weighted by Crippen LogP contribution is 2.10. The van der Waals surface area contributed by atoms with Crippen molar-refractivity contribution in [3.63, 3.8) is 0 Å². The monoisotopic (exact) mass is 297 g/mol. The number of unbranched alkanes of at least 4 members (excludes halogenated alkanes) is 9. The van der Waals surface area contributed by atoms with Crippen molar-refractivity contribution in [1.82, 2.24) is 0 Å². The molecule has 0 N–H and O–H groups in total. The van der Waals surface area contributed by atoms with Crippen LogP contribution >= 0.6 is 0 Å². The zero-order valence-corrected chi connectivity index (χ0v) is 14.2. The van der Waals surface area contributed by atoms with Crippen LogP contribution < -0.4 is 17.0 Å². The van der Waals surface area contributed by atoms with E-state index in [1.807, 2.05) is 0 Å². The van der Waals surface area contributed by atoms with Crippen molar-refractivity contribution in [3.05, 3.63) is 30.1 Å². The van der Waals surface area contributed by atoms with E-state index in [1.165, 1.54) is 76.4 Å². The van der Waals surface area contributed by atoms with Gasteiger partial charge in [-0.05, 0) is 6.42 Å². The zero-order valence-electron chi connectivity index (χ0n) is 13.4. The van der Waals surface area contributed by atoms with Gasteiger partial charge in [0.1, 0.15) is 6.54 Å². The first-order chi connectivity index (χ1) is 9.34. The summed E-state index contributed by atoms with van der Waals surface area (Å²) in [5.41, 5.74) is 1.37. The molecule has 1 rings (SSSR count). The number of hydrogen-bond acceptors (Lipinski definition) is 0. The predicted octanol–water partition coefficient (Wildman–Crippen LogP) is 2.21. The van der Waals surface area contributed by atoms with Gasteiger partial charge in [-0.3, -0.25) is 0 Å². The fourth-order valence-corrected chi connectivity index (χ4v) is 2.58. The van der Waals surface area contributed by atoms with E-state index in [0.29, 0.717) is 0 Å². The van der Waals surface area contributed by atoms with Crippen LogP contribution in [0.1, 0.15) is 76.8 Å². The normalized spacial score (nSPS) is 10.3. The van der Waals surface area contributed by atoms with Crippen LogP contribution in [0.25, 0.3) is 0 Å². The molecule has 20 heavy (non-hydrogen) atoms. The van der Waals surface area contributed by atoms with Gasteiger partial charge in [-0.25, -0.2) is 4.57 Å². The summed E-state index contributed by atoms with van der Waals surface area (Å²) in [6, 6.07) is 6.43. The molecule has 0 aliphatic rings. The average Bonchev–Trinajstić information content (AvgIpc) is 2.43. The quantitative estimate of drug-likeness (QED) is 0.435. The Balaban J connectivity index is 0.00000361. The van der Waals surface area contributed by atoms with Gasteiger partial charge in [0, 0.05) is 25.5 Å². The predicted molar refractivity (Wildman–Crippen MR) is 83.2 cm³/mol. The second kappa shape index (κ2) is 13.4. The third-order valence-electron chi connectivity index (χ3n) is 3.92. The van der Waals surface area contributed by atoms with Crippen LogP contribution in [0.15, 0.2) is 24.4 Å². The maximum absolute atomic E-state index is 2.37. The minimum Gasteiger partial charge on any atom is -1.00 e. The second-order valence-electron chi connectivity index (χ2n) is 5.72. The van der Waals surface area contributed by atoms with Crippen molar-refractivity contribution in [2.75, 3.05) is 0 Å². The minimum atomic E-state index is 0. The molecule has 0 amide bonds. The zero-order chi connectivity index (χ0) is 13.8. The summed E-state index contributed by atoms with van der Waals surface area (Å²) in [6.45, 7) is 5.66. The molecule has 0 radical (unpaired) electrons. The highest BCUT2D eigenvalue weighted by molar-refractivity contribution is 4.93. The Morgan fingerprint density at radius 1 is 0.800 bits per heavy atom. The van der Waals surface area contributed by atoms with Gasteiger partial charge >= 0.3 is 0 Å². The van der Waals surface area contributed by atoms with Crippen molar-refractivity contribution in [2.24, 2.45) is 0 Å². The van der Waals surface area contributed by atoms with Crippen LogP contribution in [-0.4, -0.2) is 0 Å². The molecule has 0 saturated carbocycles. The third-order valence-corrected chi connectivity index (χ3v) is 3.92. The Hall–Kier alpha value is -0.560. The lowest BCUT2D eigenvalue weighted by Crippen LogP contribution is -3.00. The van der Waals surface area contributed by atoms with Crippen LogP contribution in [-0.2, 0) is 6.54 Å². The van der Waals surface area contributed by atoms with Gasteiger partial charge in [0.05, 0.1) is 0 Å². The number of aromatic nitrogens is 1. The van der Waals surface area contributed by atoms with Gasteiger partial charge in [0.15, 0.2) is 11.9 Å². The molecule has 1 nitrogen and oxygen atoms in total. The SMILES string of the molecule is CCCCCCCCCCCC[n+]1ccccc1C.[Cl-]. The summed E-state index contributed by atoms with van der Waals surface area (Å²) in [4.78, 5) is 0.